The zero-order chi connectivity index (χ0) is 13.7. The van der Waals surface area contributed by atoms with Crippen molar-refractivity contribution in [3.8, 4) is 11.8 Å². The molecule has 1 heterocycles. The summed E-state index contributed by atoms with van der Waals surface area (Å²) in [6.07, 6.45) is 1.48. The Morgan fingerprint density at radius 1 is 1.47 bits per heavy atom. The van der Waals surface area contributed by atoms with Crippen molar-refractivity contribution in [3.63, 3.8) is 0 Å². The molecule has 0 aliphatic carbocycles. The van der Waals surface area contributed by atoms with E-state index < -0.39 is 0 Å². The molecule has 2 rings (SSSR count). The SMILES string of the molecule is Cn1ncnc1SCc1ccc(C#CCN)cc1F. The Balaban J connectivity index is 2.07. The van der Waals surface area contributed by atoms with E-state index in [0.717, 1.165) is 5.16 Å². The quantitative estimate of drug-likeness (QED) is 0.683. The number of nitrogens with zero attached hydrogens (tertiary/aromatic N) is 3. The Kier molecular flexibility index (Phi) is 4.55. The highest BCUT2D eigenvalue weighted by molar-refractivity contribution is 7.98. The molecule has 0 unspecified atom stereocenters. The van der Waals surface area contributed by atoms with Gasteiger partial charge in [0.2, 0.25) is 0 Å². The van der Waals surface area contributed by atoms with Crippen molar-refractivity contribution in [2.45, 2.75) is 10.9 Å². The number of rotatable bonds is 3. The second-order valence-corrected chi connectivity index (χ2v) is 4.71. The Morgan fingerprint density at radius 2 is 2.32 bits per heavy atom. The van der Waals surface area contributed by atoms with Crippen molar-refractivity contribution < 1.29 is 4.39 Å². The summed E-state index contributed by atoms with van der Waals surface area (Å²) in [5, 5.41) is 4.72. The molecule has 0 aliphatic heterocycles. The summed E-state index contributed by atoms with van der Waals surface area (Å²) in [5.74, 6) is 5.74. The number of thioether (sulfide) groups is 1. The third-order valence-electron chi connectivity index (χ3n) is 2.41. The van der Waals surface area contributed by atoms with Crippen LogP contribution in [0.15, 0.2) is 29.7 Å². The van der Waals surface area contributed by atoms with Crippen LogP contribution in [0.25, 0.3) is 0 Å². The van der Waals surface area contributed by atoms with Crippen LogP contribution in [0.3, 0.4) is 0 Å². The first-order chi connectivity index (χ1) is 9.20. The number of benzene rings is 1. The lowest BCUT2D eigenvalue weighted by molar-refractivity contribution is 0.616. The van der Waals surface area contributed by atoms with E-state index in [1.807, 2.05) is 0 Å². The van der Waals surface area contributed by atoms with Crippen LogP contribution in [0.1, 0.15) is 11.1 Å². The van der Waals surface area contributed by atoms with E-state index in [4.69, 9.17) is 5.73 Å². The lowest BCUT2D eigenvalue weighted by Crippen LogP contribution is -1.95. The summed E-state index contributed by atoms with van der Waals surface area (Å²) in [4.78, 5) is 4.07. The van der Waals surface area contributed by atoms with E-state index in [1.165, 1.54) is 24.2 Å². The summed E-state index contributed by atoms with van der Waals surface area (Å²) >= 11 is 1.44. The van der Waals surface area contributed by atoms with Crippen molar-refractivity contribution in [3.05, 3.63) is 41.5 Å². The lowest BCUT2D eigenvalue weighted by Gasteiger charge is -2.03. The van der Waals surface area contributed by atoms with Crippen LogP contribution in [-0.4, -0.2) is 21.3 Å². The van der Waals surface area contributed by atoms with Crippen LogP contribution in [0.2, 0.25) is 0 Å². The summed E-state index contributed by atoms with van der Waals surface area (Å²) < 4.78 is 15.5. The number of aryl methyl sites for hydroxylation is 1. The molecular formula is C13H13FN4S. The zero-order valence-corrected chi connectivity index (χ0v) is 11.2. The first-order valence-corrected chi connectivity index (χ1v) is 6.63. The predicted octanol–water partition coefficient (Wildman–Crippen LogP) is 1.56. The lowest BCUT2D eigenvalue weighted by atomic mass is 10.1. The average Bonchev–Trinajstić information content (AvgIpc) is 2.81. The third kappa shape index (κ3) is 3.56. The van der Waals surface area contributed by atoms with Crippen LogP contribution in [0.4, 0.5) is 4.39 Å². The maximum Gasteiger partial charge on any atom is 0.186 e. The van der Waals surface area contributed by atoms with E-state index in [2.05, 4.69) is 21.9 Å². The van der Waals surface area contributed by atoms with Gasteiger partial charge in [0.1, 0.15) is 12.1 Å². The Hall–Kier alpha value is -1.84. The van der Waals surface area contributed by atoms with Crippen molar-refractivity contribution in [1.82, 2.24) is 14.8 Å². The monoisotopic (exact) mass is 276 g/mol. The Labute approximate surface area is 115 Å². The van der Waals surface area contributed by atoms with Crippen LogP contribution in [0, 0.1) is 17.7 Å². The molecule has 98 valence electrons. The highest BCUT2D eigenvalue weighted by atomic mass is 32.2. The number of halogens is 1. The van der Waals surface area contributed by atoms with E-state index in [-0.39, 0.29) is 12.4 Å². The fourth-order valence-electron chi connectivity index (χ4n) is 1.45. The van der Waals surface area contributed by atoms with Gasteiger partial charge in [-0.2, -0.15) is 5.10 Å². The molecule has 0 bridgehead atoms. The maximum atomic E-state index is 13.9. The van der Waals surface area contributed by atoms with Crippen LogP contribution in [-0.2, 0) is 12.8 Å². The van der Waals surface area contributed by atoms with Crippen LogP contribution in [0.5, 0.6) is 0 Å². The van der Waals surface area contributed by atoms with E-state index in [0.29, 0.717) is 16.9 Å². The molecule has 0 saturated heterocycles. The average molecular weight is 276 g/mol. The maximum absolute atomic E-state index is 13.9. The van der Waals surface area contributed by atoms with Gasteiger partial charge >= 0.3 is 0 Å². The van der Waals surface area contributed by atoms with Crippen molar-refractivity contribution in [2.75, 3.05) is 6.54 Å². The van der Waals surface area contributed by atoms with Gasteiger partial charge < -0.3 is 5.73 Å². The van der Waals surface area contributed by atoms with Gasteiger partial charge in [0.15, 0.2) is 5.16 Å². The molecule has 0 radical (unpaired) electrons. The minimum atomic E-state index is -0.265. The molecule has 2 N–H and O–H groups in total. The molecule has 4 nitrogen and oxygen atoms in total. The van der Waals surface area contributed by atoms with Gasteiger partial charge in [-0.1, -0.05) is 29.7 Å². The molecule has 19 heavy (non-hydrogen) atoms. The summed E-state index contributed by atoms with van der Waals surface area (Å²) in [6, 6.07) is 4.95. The molecule has 0 aliphatic rings. The Bertz CT molecular complexity index is 627. The zero-order valence-electron chi connectivity index (χ0n) is 10.4. The molecule has 1 aromatic carbocycles. The minimum Gasteiger partial charge on any atom is -0.320 e. The van der Waals surface area contributed by atoms with Crippen molar-refractivity contribution in [2.24, 2.45) is 12.8 Å². The number of hydrogen-bond donors (Lipinski definition) is 1. The number of aromatic nitrogens is 3. The number of nitrogens with two attached hydrogens (primary N) is 1. The summed E-state index contributed by atoms with van der Waals surface area (Å²) in [6.45, 7) is 0.269. The van der Waals surface area contributed by atoms with Crippen molar-refractivity contribution >= 4 is 11.8 Å². The molecule has 0 amide bonds. The fraction of sp³-hybridized carbons (Fsp3) is 0.231. The van der Waals surface area contributed by atoms with Crippen LogP contribution < -0.4 is 5.73 Å². The molecule has 6 heteroatoms. The second kappa shape index (κ2) is 6.36. The molecule has 0 saturated carbocycles. The topological polar surface area (TPSA) is 56.7 Å². The predicted molar refractivity (Wildman–Crippen MR) is 72.9 cm³/mol. The van der Waals surface area contributed by atoms with E-state index in [9.17, 15) is 4.39 Å². The normalized spacial score (nSPS) is 10.1. The minimum absolute atomic E-state index is 0.265. The van der Waals surface area contributed by atoms with Gasteiger partial charge in [0.25, 0.3) is 0 Å². The van der Waals surface area contributed by atoms with Gasteiger partial charge in [-0.3, -0.25) is 0 Å². The van der Waals surface area contributed by atoms with Gasteiger partial charge in [-0.15, -0.1) is 0 Å². The molecule has 0 fully saturated rings. The highest BCUT2D eigenvalue weighted by Gasteiger charge is 2.06. The first kappa shape index (κ1) is 13.6. The summed E-state index contributed by atoms with van der Waals surface area (Å²) in [7, 11) is 1.80. The van der Waals surface area contributed by atoms with Gasteiger partial charge in [-0.05, 0) is 17.7 Å². The molecule has 0 spiro atoms. The van der Waals surface area contributed by atoms with Gasteiger partial charge in [0.05, 0.1) is 6.54 Å². The van der Waals surface area contributed by atoms with E-state index >= 15 is 0 Å². The fourth-order valence-corrected chi connectivity index (χ4v) is 2.33. The summed E-state index contributed by atoms with van der Waals surface area (Å²) in [5.41, 5.74) is 6.53. The molecule has 2 aromatic rings. The smallest absolute Gasteiger partial charge is 0.186 e. The second-order valence-electron chi connectivity index (χ2n) is 3.77. The largest absolute Gasteiger partial charge is 0.320 e. The standard InChI is InChI=1S/C13H13FN4S/c1-18-13(16-9-17-18)19-8-11-5-4-10(3-2-6-15)7-12(11)14/h4-5,7,9H,6,8,15H2,1H3. The highest BCUT2D eigenvalue weighted by Crippen LogP contribution is 2.22. The Morgan fingerprint density at radius 3 is 2.95 bits per heavy atom. The van der Waals surface area contributed by atoms with Crippen LogP contribution >= 0.6 is 11.8 Å². The third-order valence-corrected chi connectivity index (χ3v) is 3.50. The van der Waals surface area contributed by atoms with Gasteiger partial charge in [-0.25, -0.2) is 14.1 Å². The van der Waals surface area contributed by atoms with Crippen molar-refractivity contribution in [1.29, 1.82) is 0 Å². The molecular weight excluding hydrogens is 263 g/mol. The first-order valence-electron chi connectivity index (χ1n) is 5.65. The molecule has 0 atom stereocenters. The van der Waals surface area contributed by atoms with Gasteiger partial charge in [0, 0.05) is 18.4 Å². The van der Waals surface area contributed by atoms with E-state index in [1.54, 1.807) is 23.9 Å². The number of hydrogen-bond acceptors (Lipinski definition) is 4. The molecule has 1 aromatic heterocycles.